The molecular formula is C23H24ClN3O3. The molecule has 0 atom stereocenters. The first-order chi connectivity index (χ1) is 14.6. The van der Waals surface area contributed by atoms with E-state index in [0.29, 0.717) is 28.4 Å². The van der Waals surface area contributed by atoms with Gasteiger partial charge in [0.1, 0.15) is 10.7 Å². The summed E-state index contributed by atoms with van der Waals surface area (Å²) in [6, 6.07) is 14.8. The van der Waals surface area contributed by atoms with E-state index in [2.05, 4.69) is 10.4 Å². The predicted octanol–water partition coefficient (Wildman–Crippen LogP) is 5.42. The van der Waals surface area contributed by atoms with Crippen LogP contribution in [0.5, 0.6) is 11.5 Å². The maximum absolute atomic E-state index is 13.0. The molecule has 3 aromatic rings. The number of carbonyl (C=O) groups excluding carboxylic acids is 1. The van der Waals surface area contributed by atoms with Crippen LogP contribution in [0.25, 0.3) is 5.69 Å². The monoisotopic (exact) mass is 425 g/mol. The van der Waals surface area contributed by atoms with Crippen molar-refractivity contribution in [2.24, 2.45) is 0 Å². The molecule has 2 aromatic carbocycles. The number of ether oxygens (including phenoxy) is 2. The second kappa shape index (κ2) is 8.79. The quantitative estimate of drug-likeness (QED) is 0.573. The number of nitrogens with zero attached hydrogens (tertiary/aromatic N) is 2. The number of para-hydroxylation sites is 1. The normalized spacial score (nSPS) is 14.0. The summed E-state index contributed by atoms with van der Waals surface area (Å²) < 4.78 is 13.1. The van der Waals surface area contributed by atoms with Gasteiger partial charge in [-0.05, 0) is 56.9 Å². The van der Waals surface area contributed by atoms with Crippen LogP contribution in [-0.4, -0.2) is 28.9 Å². The Balaban J connectivity index is 1.57. The zero-order chi connectivity index (χ0) is 21.1. The highest BCUT2D eigenvalue weighted by Crippen LogP contribution is 2.34. The first kappa shape index (κ1) is 20.3. The molecule has 1 aromatic heterocycles. The lowest BCUT2D eigenvalue weighted by molar-refractivity contribution is 0.102. The molecule has 30 heavy (non-hydrogen) atoms. The fourth-order valence-corrected chi connectivity index (χ4v) is 4.08. The van der Waals surface area contributed by atoms with Gasteiger partial charge >= 0.3 is 0 Å². The molecule has 0 unspecified atom stereocenters. The van der Waals surface area contributed by atoms with E-state index < -0.39 is 0 Å². The number of benzene rings is 2. The lowest BCUT2D eigenvalue weighted by Crippen LogP contribution is -2.14. The standard InChI is InChI=1S/C23H24ClN3O3/c1-15-21(22(24)27(26-15)17-8-4-3-5-9-17)23(28)25-16-12-13-19(29-2)20(14-16)30-18-10-6-7-11-18/h3-5,8-9,12-14,18H,6-7,10-11H2,1-2H3,(H,25,28). The van der Waals surface area contributed by atoms with Gasteiger partial charge in [0.2, 0.25) is 0 Å². The second-order valence-electron chi connectivity index (χ2n) is 7.34. The number of hydrogen-bond acceptors (Lipinski definition) is 4. The molecule has 0 spiro atoms. The molecule has 6 nitrogen and oxygen atoms in total. The maximum atomic E-state index is 13.0. The van der Waals surface area contributed by atoms with Crippen molar-refractivity contribution < 1.29 is 14.3 Å². The minimum Gasteiger partial charge on any atom is -0.493 e. The predicted molar refractivity (Wildman–Crippen MR) is 117 cm³/mol. The lowest BCUT2D eigenvalue weighted by atomic mass is 10.2. The van der Waals surface area contributed by atoms with Crippen LogP contribution in [0.4, 0.5) is 5.69 Å². The molecule has 0 radical (unpaired) electrons. The summed E-state index contributed by atoms with van der Waals surface area (Å²) in [5.41, 5.74) is 2.30. The summed E-state index contributed by atoms with van der Waals surface area (Å²) in [7, 11) is 1.61. The van der Waals surface area contributed by atoms with Gasteiger partial charge in [0.15, 0.2) is 11.5 Å². The Hall–Kier alpha value is -2.99. The van der Waals surface area contributed by atoms with Crippen LogP contribution in [-0.2, 0) is 0 Å². The van der Waals surface area contributed by atoms with E-state index in [1.54, 1.807) is 36.9 Å². The van der Waals surface area contributed by atoms with Crippen molar-refractivity contribution in [3.8, 4) is 17.2 Å². The van der Waals surface area contributed by atoms with Crippen LogP contribution in [0.2, 0.25) is 5.15 Å². The smallest absolute Gasteiger partial charge is 0.260 e. The van der Waals surface area contributed by atoms with E-state index in [0.717, 1.165) is 18.5 Å². The van der Waals surface area contributed by atoms with E-state index in [9.17, 15) is 4.79 Å². The van der Waals surface area contributed by atoms with E-state index in [-0.39, 0.29) is 17.2 Å². The molecule has 1 amide bonds. The summed E-state index contributed by atoms with van der Waals surface area (Å²) in [5.74, 6) is 0.952. The van der Waals surface area contributed by atoms with Crippen molar-refractivity contribution >= 4 is 23.2 Å². The van der Waals surface area contributed by atoms with Crippen molar-refractivity contribution in [1.82, 2.24) is 9.78 Å². The lowest BCUT2D eigenvalue weighted by Gasteiger charge is -2.17. The molecule has 4 rings (SSSR count). The molecule has 1 saturated carbocycles. The van der Waals surface area contributed by atoms with Crippen molar-refractivity contribution in [3.63, 3.8) is 0 Å². The molecule has 0 bridgehead atoms. The number of nitrogens with one attached hydrogen (secondary N) is 1. The van der Waals surface area contributed by atoms with E-state index >= 15 is 0 Å². The molecule has 1 heterocycles. The number of halogens is 1. The van der Waals surface area contributed by atoms with E-state index in [1.807, 2.05) is 30.3 Å². The molecule has 1 N–H and O–H groups in total. The highest BCUT2D eigenvalue weighted by atomic mass is 35.5. The Morgan fingerprint density at radius 1 is 1.13 bits per heavy atom. The Morgan fingerprint density at radius 2 is 1.87 bits per heavy atom. The molecule has 156 valence electrons. The van der Waals surface area contributed by atoms with Crippen molar-refractivity contribution in [2.75, 3.05) is 12.4 Å². The van der Waals surface area contributed by atoms with Gasteiger partial charge in [-0.3, -0.25) is 4.79 Å². The van der Waals surface area contributed by atoms with E-state index in [1.165, 1.54) is 12.8 Å². The van der Waals surface area contributed by atoms with Gasteiger partial charge in [0.25, 0.3) is 5.91 Å². The first-order valence-electron chi connectivity index (χ1n) is 10.0. The van der Waals surface area contributed by atoms with Crippen molar-refractivity contribution in [3.05, 3.63) is 64.9 Å². The van der Waals surface area contributed by atoms with Gasteiger partial charge in [-0.2, -0.15) is 5.10 Å². The van der Waals surface area contributed by atoms with Crippen LogP contribution >= 0.6 is 11.6 Å². The van der Waals surface area contributed by atoms with Crippen LogP contribution in [0.3, 0.4) is 0 Å². The summed E-state index contributed by atoms with van der Waals surface area (Å²) in [5, 5.41) is 7.62. The van der Waals surface area contributed by atoms with Crippen LogP contribution in [0.15, 0.2) is 48.5 Å². The molecule has 1 aliphatic carbocycles. The Labute approximate surface area is 180 Å². The van der Waals surface area contributed by atoms with Gasteiger partial charge in [-0.25, -0.2) is 4.68 Å². The van der Waals surface area contributed by atoms with Crippen molar-refractivity contribution in [2.45, 2.75) is 38.7 Å². The average molecular weight is 426 g/mol. The third-order valence-electron chi connectivity index (χ3n) is 5.25. The highest BCUT2D eigenvalue weighted by Gasteiger charge is 2.22. The van der Waals surface area contributed by atoms with Gasteiger partial charge in [0.05, 0.1) is 24.6 Å². The van der Waals surface area contributed by atoms with Gasteiger partial charge < -0.3 is 14.8 Å². The topological polar surface area (TPSA) is 65.4 Å². The van der Waals surface area contributed by atoms with Gasteiger partial charge in [-0.15, -0.1) is 0 Å². The minimum atomic E-state index is -0.323. The molecule has 7 heteroatoms. The van der Waals surface area contributed by atoms with Crippen LogP contribution < -0.4 is 14.8 Å². The number of hydrogen-bond donors (Lipinski definition) is 1. The Kier molecular flexibility index (Phi) is 5.95. The zero-order valence-electron chi connectivity index (χ0n) is 17.0. The minimum absolute atomic E-state index is 0.186. The summed E-state index contributed by atoms with van der Waals surface area (Å²) in [6.45, 7) is 1.77. The molecule has 0 saturated heterocycles. The molecular weight excluding hydrogens is 402 g/mol. The SMILES string of the molecule is COc1ccc(NC(=O)c2c(C)nn(-c3ccccc3)c2Cl)cc1OC1CCCC1. The first-order valence-corrected chi connectivity index (χ1v) is 10.4. The Bertz CT molecular complexity index is 1040. The molecule has 1 aliphatic rings. The number of methoxy groups -OCH3 is 1. The van der Waals surface area contributed by atoms with Gasteiger partial charge in [-0.1, -0.05) is 29.8 Å². The number of rotatable bonds is 6. The van der Waals surface area contributed by atoms with Crippen LogP contribution in [0.1, 0.15) is 41.7 Å². The van der Waals surface area contributed by atoms with Crippen molar-refractivity contribution in [1.29, 1.82) is 0 Å². The molecule has 0 aliphatic heterocycles. The second-order valence-corrected chi connectivity index (χ2v) is 7.70. The number of amides is 1. The number of aromatic nitrogens is 2. The average Bonchev–Trinajstić information content (AvgIpc) is 3.36. The summed E-state index contributed by atoms with van der Waals surface area (Å²) >= 11 is 6.51. The number of anilines is 1. The third-order valence-corrected chi connectivity index (χ3v) is 5.60. The summed E-state index contributed by atoms with van der Waals surface area (Å²) in [4.78, 5) is 13.0. The van der Waals surface area contributed by atoms with E-state index in [4.69, 9.17) is 21.1 Å². The zero-order valence-corrected chi connectivity index (χ0v) is 17.8. The fraction of sp³-hybridized carbons (Fsp3) is 0.304. The summed E-state index contributed by atoms with van der Waals surface area (Å²) in [6.07, 6.45) is 4.60. The third kappa shape index (κ3) is 4.14. The number of aryl methyl sites for hydroxylation is 1. The highest BCUT2D eigenvalue weighted by molar-refractivity contribution is 6.34. The largest absolute Gasteiger partial charge is 0.493 e. The number of carbonyl (C=O) groups is 1. The molecule has 1 fully saturated rings. The van der Waals surface area contributed by atoms with Gasteiger partial charge in [0, 0.05) is 11.8 Å². The maximum Gasteiger partial charge on any atom is 0.260 e. The van der Waals surface area contributed by atoms with Crippen LogP contribution in [0, 0.1) is 6.92 Å². The Morgan fingerprint density at radius 3 is 2.57 bits per heavy atom. The fourth-order valence-electron chi connectivity index (χ4n) is 3.72.